The van der Waals surface area contributed by atoms with Gasteiger partial charge in [0.1, 0.15) is 7.85 Å². The molecule has 4 nitrogen and oxygen atoms in total. The van der Waals surface area contributed by atoms with Crippen molar-refractivity contribution in [3.63, 3.8) is 0 Å². The molecular formula is C23H19BClNO3. The molecule has 0 aliphatic rings. The number of carbonyl (C=O) groups excluding carboxylic acids is 3. The summed E-state index contributed by atoms with van der Waals surface area (Å²) in [7, 11) is 1.92. The molecule has 0 saturated carbocycles. The lowest BCUT2D eigenvalue weighted by atomic mass is 9.94. The Morgan fingerprint density at radius 2 is 1.48 bits per heavy atom. The van der Waals surface area contributed by atoms with Gasteiger partial charge < -0.3 is 5.32 Å². The highest BCUT2D eigenvalue weighted by Crippen LogP contribution is 2.19. The van der Waals surface area contributed by atoms with Crippen LogP contribution in [0.4, 0.5) is 5.69 Å². The van der Waals surface area contributed by atoms with Crippen LogP contribution in [0.25, 0.3) is 0 Å². The smallest absolute Gasteiger partial charge is 0.255 e. The SMILES string of the molecule is Bc1cccc(C(=O)Nc2ccc(C(=O)CCC(=O)c3ccccc3Cl)cc2)c1. The fourth-order valence-electron chi connectivity index (χ4n) is 2.92. The van der Waals surface area contributed by atoms with Crippen molar-refractivity contribution in [3.8, 4) is 0 Å². The van der Waals surface area contributed by atoms with Gasteiger partial charge in [-0.1, -0.05) is 47.4 Å². The molecule has 0 atom stereocenters. The first-order valence-corrected chi connectivity index (χ1v) is 9.61. The minimum Gasteiger partial charge on any atom is -0.322 e. The highest BCUT2D eigenvalue weighted by molar-refractivity contribution is 6.34. The molecule has 0 aliphatic carbocycles. The van der Waals surface area contributed by atoms with Crippen molar-refractivity contribution in [3.05, 3.63) is 94.5 Å². The van der Waals surface area contributed by atoms with Gasteiger partial charge in [-0.15, -0.1) is 0 Å². The van der Waals surface area contributed by atoms with E-state index in [1.807, 2.05) is 26.0 Å². The zero-order chi connectivity index (χ0) is 20.8. The van der Waals surface area contributed by atoms with E-state index in [-0.39, 0.29) is 30.3 Å². The Morgan fingerprint density at radius 3 is 2.17 bits per heavy atom. The largest absolute Gasteiger partial charge is 0.322 e. The van der Waals surface area contributed by atoms with Crippen LogP contribution in [0, 0.1) is 0 Å². The molecule has 0 unspecified atom stereocenters. The third-order valence-corrected chi connectivity index (χ3v) is 4.83. The Hall–Kier alpha value is -3.18. The third kappa shape index (κ3) is 5.43. The maximum absolute atomic E-state index is 12.4. The van der Waals surface area contributed by atoms with E-state index in [4.69, 9.17) is 11.6 Å². The second kappa shape index (κ2) is 9.35. The molecule has 0 heterocycles. The van der Waals surface area contributed by atoms with Gasteiger partial charge in [-0.05, 0) is 42.5 Å². The Kier molecular flexibility index (Phi) is 6.63. The molecule has 3 aromatic carbocycles. The van der Waals surface area contributed by atoms with Crippen LogP contribution < -0.4 is 10.8 Å². The van der Waals surface area contributed by atoms with Crippen molar-refractivity contribution in [2.24, 2.45) is 0 Å². The zero-order valence-corrected chi connectivity index (χ0v) is 16.7. The first-order chi connectivity index (χ1) is 13.9. The topological polar surface area (TPSA) is 63.2 Å². The van der Waals surface area contributed by atoms with Crippen molar-refractivity contribution in [2.45, 2.75) is 12.8 Å². The Balaban J connectivity index is 1.58. The van der Waals surface area contributed by atoms with Crippen LogP contribution in [-0.2, 0) is 0 Å². The predicted molar refractivity (Wildman–Crippen MR) is 118 cm³/mol. The molecule has 0 aromatic heterocycles. The summed E-state index contributed by atoms with van der Waals surface area (Å²) in [5.41, 5.74) is 3.09. The van der Waals surface area contributed by atoms with Crippen LogP contribution in [0.5, 0.6) is 0 Å². The van der Waals surface area contributed by atoms with Crippen LogP contribution in [0.15, 0.2) is 72.8 Å². The standard InChI is InChI=1S/C23H19BClNO3/c24-17-5-3-4-16(14-17)23(29)26-18-10-8-15(9-11-18)21(27)12-13-22(28)19-6-1-2-7-20(19)25/h1-11,14H,12-13,24H2,(H,26,29). The molecule has 0 radical (unpaired) electrons. The molecule has 144 valence electrons. The van der Waals surface area contributed by atoms with Gasteiger partial charge >= 0.3 is 0 Å². The van der Waals surface area contributed by atoms with E-state index in [1.165, 1.54) is 0 Å². The van der Waals surface area contributed by atoms with Crippen LogP contribution >= 0.6 is 11.6 Å². The first-order valence-electron chi connectivity index (χ1n) is 9.23. The second-order valence-corrected chi connectivity index (χ2v) is 7.13. The van der Waals surface area contributed by atoms with Crippen LogP contribution in [0.1, 0.15) is 43.9 Å². The molecule has 3 rings (SSSR count). The van der Waals surface area contributed by atoms with Crippen molar-refractivity contribution in [2.75, 3.05) is 5.32 Å². The number of nitrogens with one attached hydrogen (secondary N) is 1. The van der Waals surface area contributed by atoms with E-state index >= 15 is 0 Å². The fraction of sp³-hybridized carbons (Fsp3) is 0.0870. The third-order valence-electron chi connectivity index (χ3n) is 4.50. The summed E-state index contributed by atoms with van der Waals surface area (Å²) in [6.07, 6.45) is 0.188. The molecular weight excluding hydrogens is 385 g/mol. The van der Waals surface area contributed by atoms with Gasteiger partial charge in [0, 0.05) is 35.2 Å². The van der Waals surface area contributed by atoms with Gasteiger partial charge in [0.05, 0.1) is 5.02 Å². The molecule has 0 fully saturated rings. The van der Waals surface area contributed by atoms with Gasteiger partial charge in [-0.2, -0.15) is 0 Å². The van der Waals surface area contributed by atoms with E-state index in [9.17, 15) is 14.4 Å². The normalized spacial score (nSPS) is 10.4. The number of ketones is 2. The molecule has 0 aliphatic heterocycles. The number of rotatable bonds is 7. The lowest BCUT2D eigenvalue weighted by Gasteiger charge is -2.07. The molecule has 0 saturated heterocycles. The minimum atomic E-state index is -0.210. The van der Waals surface area contributed by atoms with Crippen LogP contribution in [0.3, 0.4) is 0 Å². The molecule has 3 aromatic rings. The lowest BCUT2D eigenvalue weighted by Crippen LogP contribution is -2.14. The number of Topliss-reactive ketones (excluding diaryl/α,β-unsaturated/α-hetero) is 2. The fourth-order valence-corrected chi connectivity index (χ4v) is 3.16. The van der Waals surface area contributed by atoms with Crippen molar-refractivity contribution >= 4 is 48.1 Å². The minimum absolute atomic E-state index is 0.0917. The average molecular weight is 404 g/mol. The summed E-state index contributed by atoms with van der Waals surface area (Å²) in [4.78, 5) is 36.9. The van der Waals surface area contributed by atoms with E-state index in [0.717, 1.165) is 5.46 Å². The Morgan fingerprint density at radius 1 is 0.793 bits per heavy atom. The van der Waals surface area contributed by atoms with E-state index in [1.54, 1.807) is 54.6 Å². The van der Waals surface area contributed by atoms with Crippen molar-refractivity contribution in [1.82, 2.24) is 0 Å². The van der Waals surface area contributed by atoms with Crippen molar-refractivity contribution in [1.29, 1.82) is 0 Å². The van der Waals surface area contributed by atoms with Gasteiger partial charge in [-0.3, -0.25) is 14.4 Å². The van der Waals surface area contributed by atoms with Gasteiger partial charge in [-0.25, -0.2) is 0 Å². The Labute approximate surface area is 175 Å². The average Bonchev–Trinajstić information content (AvgIpc) is 2.72. The van der Waals surface area contributed by atoms with E-state index < -0.39 is 0 Å². The molecule has 0 bridgehead atoms. The van der Waals surface area contributed by atoms with Gasteiger partial charge in [0.15, 0.2) is 11.6 Å². The summed E-state index contributed by atoms with van der Waals surface area (Å²) in [6.45, 7) is 0. The predicted octanol–water partition coefficient (Wildman–Crippen LogP) is 3.70. The maximum atomic E-state index is 12.4. The molecule has 1 amide bonds. The van der Waals surface area contributed by atoms with Gasteiger partial charge in [0.2, 0.25) is 0 Å². The number of anilines is 1. The monoisotopic (exact) mass is 403 g/mol. The summed E-state index contributed by atoms with van der Waals surface area (Å²) in [6, 6.07) is 20.8. The number of carbonyl (C=O) groups is 3. The summed E-state index contributed by atoms with van der Waals surface area (Å²) >= 11 is 6.02. The number of hydrogen-bond acceptors (Lipinski definition) is 3. The number of halogens is 1. The number of hydrogen-bond donors (Lipinski definition) is 1. The molecule has 0 spiro atoms. The quantitative estimate of drug-likeness (QED) is 0.483. The summed E-state index contributed by atoms with van der Waals surface area (Å²) in [5, 5.41) is 3.20. The molecule has 1 N–H and O–H groups in total. The van der Waals surface area contributed by atoms with Gasteiger partial charge in [0.25, 0.3) is 5.91 Å². The van der Waals surface area contributed by atoms with E-state index in [0.29, 0.717) is 27.4 Å². The highest BCUT2D eigenvalue weighted by atomic mass is 35.5. The second-order valence-electron chi connectivity index (χ2n) is 6.73. The highest BCUT2D eigenvalue weighted by Gasteiger charge is 2.13. The van der Waals surface area contributed by atoms with E-state index in [2.05, 4.69) is 5.32 Å². The van der Waals surface area contributed by atoms with Crippen LogP contribution in [0.2, 0.25) is 5.02 Å². The summed E-state index contributed by atoms with van der Waals surface area (Å²) < 4.78 is 0. The number of benzene rings is 3. The number of amides is 1. The van der Waals surface area contributed by atoms with Crippen LogP contribution in [-0.4, -0.2) is 25.3 Å². The van der Waals surface area contributed by atoms with Crippen molar-refractivity contribution < 1.29 is 14.4 Å². The maximum Gasteiger partial charge on any atom is 0.255 e. The first kappa shape index (κ1) is 20.6. The molecule has 6 heteroatoms. The Bertz CT molecular complexity index is 1060. The molecule has 29 heavy (non-hydrogen) atoms. The lowest BCUT2D eigenvalue weighted by molar-refractivity contribution is 0.0917. The summed E-state index contributed by atoms with van der Waals surface area (Å²) in [5.74, 6) is -0.508. The zero-order valence-electron chi connectivity index (χ0n) is 15.9.